The molecule has 0 radical (unpaired) electrons. The van der Waals surface area contributed by atoms with Gasteiger partial charge in [0.2, 0.25) is 0 Å². The predicted molar refractivity (Wildman–Crippen MR) is 62.8 cm³/mol. The van der Waals surface area contributed by atoms with Crippen LogP contribution < -0.4 is 5.32 Å². The summed E-state index contributed by atoms with van der Waals surface area (Å²) < 4.78 is 0. The molecular formula is C13H23NO. The number of hydrogen-bond donors (Lipinski definition) is 2. The third-order valence-corrected chi connectivity index (χ3v) is 3.72. The number of aliphatic hydroxyl groups is 1. The summed E-state index contributed by atoms with van der Waals surface area (Å²) in [5.41, 5.74) is 1.63. The second-order valence-electron chi connectivity index (χ2n) is 4.92. The van der Waals surface area contributed by atoms with Gasteiger partial charge in [0.25, 0.3) is 0 Å². The Hall–Kier alpha value is -0.340. The third-order valence-electron chi connectivity index (χ3n) is 3.72. The van der Waals surface area contributed by atoms with Crippen LogP contribution in [0.2, 0.25) is 0 Å². The summed E-state index contributed by atoms with van der Waals surface area (Å²) in [5, 5.41) is 13.1. The van der Waals surface area contributed by atoms with Crippen molar-refractivity contribution in [3.63, 3.8) is 0 Å². The maximum absolute atomic E-state index is 9.65. The quantitative estimate of drug-likeness (QED) is 0.697. The molecule has 2 atom stereocenters. The summed E-state index contributed by atoms with van der Waals surface area (Å²) in [4.78, 5) is 0. The summed E-state index contributed by atoms with van der Waals surface area (Å²) in [6.07, 6.45) is 12.2. The first kappa shape index (κ1) is 11.2. The van der Waals surface area contributed by atoms with E-state index in [1.807, 2.05) is 0 Å². The number of rotatable bonds is 4. The van der Waals surface area contributed by atoms with E-state index >= 15 is 0 Å². The topological polar surface area (TPSA) is 32.3 Å². The average molecular weight is 209 g/mol. The molecule has 0 heterocycles. The molecule has 0 aliphatic heterocycles. The molecule has 1 saturated carbocycles. The van der Waals surface area contributed by atoms with Gasteiger partial charge in [-0.3, -0.25) is 0 Å². The highest BCUT2D eigenvalue weighted by atomic mass is 16.3. The molecule has 2 heteroatoms. The highest BCUT2D eigenvalue weighted by Gasteiger charge is 2.24. The number of allylic oxidation sites excluding steroid dienone is 1. The van der Waals surface area contributed by atoms with Crippen molar-refractivity contribution in [1.29, 1.82) is 0 Å². The Morgan fingerprint density at radius 3 is 2.87 bits per heavy atom. The molecule has 2 aliphatic rings. The third kappa shape index (κ3) is 3.32. The fraction of sp³-hybridized carbons (Fsp3) is 0.846. The maximum atomic E-state index is 9.65. The highest BCUT2D eigenvalue weighted by molar-refractivity contribution is 5.05. The zero-order valence-corrected chi connectivity index (χ0v) is 9.54. The van der Waals surface area contributed by atoms with Gasteiger partial charge in [-0.25, -0.2) is 0 Å². The summed E-state index contributed by atoms with van der Waals surface area (Å²) in [5.74, 6) is 0. The molecule has 1 fully saturated rings. The minimum Gasteiger partial charge on any atom is -0.392 e. The minimum atomic E-state index is -0.0923. The normalized spacial score (nSPS) is 31.7. The van der Waals surface area contributed by atoms with Gasteiger partial charge in [0.05, 0.1) is 6.10 Å². The second-order valence-corrected chi connectivity index (χ2v) is 4.92. The molecule has 2 N–H and O–H groups in total. The van der Waals surface area contributed by atoms with Gasteiger partial charge in [-0.1, -0.05) is 11.6 Å². The number of hydrogen-bond acceptors (Lipinski definition) is 2. The van der Waals surface area contributed by atoms with Crippen LogP contribution in [-0.2, 0) is 0 Å². The van der Waals surface area contributed by atoms with Gasteiger partial charge in [0.1, 0.15) is 0 Å². The van der Waals surface area contributed by atoms with Crippen molar-refractivity contribution in [2.24, 2.45) is 0 Å². The van der Waals surface area contributed by atoms with Crippen LogP contribution in [0.25, 0.3) is 0 Å². The van der Waals surface area contributed by atoms with Crippen LogP contribution in [0.5, 0.6) is 0 Å². The van der Waals surface area contributed by atoms with Crippen LogP contribution in [0.4, 0.5) is 0 Å². The van der Waals surface area contributed by atoms with Crippen molar-refractivity contribution in [1.82, 2.24) is 5.32 Å². The summed E-state index contributed by atoms with van der Waals surface area (Å²) in [7, 11) is 0. The Morgan fingerprint density at radius 2 is 2.20 bits per heavy atom. The largest absolute Gasteiger partial charge is 0.392 e. The van der Waals surface area contributed by atoms with Crippen LogP contribution >= 0.6 is 0 Å². The van der Waals surface area contributed by atoms with Gasteiger partial charge < -0.3 is 10.4 Å². The monoisotopic (exact) mass is 209 g/mol. The van der Waals surface area contributed by atoms with E-state index in [0.717, 1.165) is 19.4 Å². The lowest BCUT2D eigenvalue weighted by Gasteiger charge is -2.18. The van der Waals surface area contributed by atoms with Crippen LogP contribution in [0.1, 0.15) is 51.4 Å². The van der Waals surface area contributed by atoms with E-state index in [1.165, 1.54) is 38.5 Å². The Bertz CT molecular complexity index is 225. The summed E-state index contributed by atoms with van der Waals surface area (Å²) in [6, 6.07) is 0.370. The van der Waals surface area contributed by atoms with Gasteiger partial charge in [-0.15, -0.1) is 0 Å². The van der Waals surface area contributed by atoms with Crippen molar-refractivity contribution in [2.75, 3.05) is 6.54 Å². The van der Waals surface area contributed by atoms with Crippen molar-refractivity contribution in [3.05, 3.63) is 11.6 Å². The van der Waals surface area contributed by atoms with Crippen LogP contribution in [0, 0.1) is 0 Å². The Labute approximate surface area is 92.8 Å². The van der Waals surface area contributed by atoms with E-state index in [2.05, 4.69) is 11.4 Å². The van der Waals surface area contributed by atoms with Gasteiger partial charge in [0, 0.05) is 6.04 Å². The molecule has 2 rings (SSSR count). The first-order valence-corrected chi connectivity index (χ1v) is 6.45. The molecule has 2 nitrogen and oxygen atoms in total. The van der Waals surface area contributed by atoms with Crippen LogP contribution in [0.15, 0.2) is 11.6 Å². The van der Waals surface area contributed by atoms with Gasteiger partial charge in [0.15, 0.2) is 0 Å². The van der Waals surface area contributed by atoms with Crippen molar-refractivity contribution in [2.45, 2.75) is 63.5 Å². The van der Waals surface area contributed by atoms with Crippen molar-refractivity contribution in [3.8, 4) is 0 Å². The highest BCUT2D eigenvalue weighted by Crippen LogP contribution is 2.21. The lowest BCUT2D eigenvalue weighted by Crippen LogP contribution is -2.36. The number of nitrogens with one attached hydrogen (secondary N) is 1. The van der Waals surface area contributed by atoms with Crippen LogP contribution in [0.3, 0.4) is 0 Å². The second kappa shape index (κ2) is 5.66. The van der Waals surface area contributed by atoms with E-state index in [0.29, 0.717) is 6.04 Å². The molecule has 15 heavy (non-hydrogen) atoms. The van der Waals surface area contributed by atoms with Crippen molar-refractivity contribution < 1.29 is 5.11 Å². The Balaban J connectivity index is 1.63. The maximum Gasteiger partial charge on any atom is 0.0693 e. The molecule has 0 bridgehead atoms. The van der Waals surface area contributed by atoms with E-state index in [4.69, 9.17) is 0 Å². The molecule has 86 valence electrons. The first-order valence-electron chi connectivity index (χ1n) is 6.45. The predicted octanol–water partition coefficient (Wildman–Crippen LogP) is 2.38. The summed E-state index contributed by atoms with van der Waals surface area (Å²) >= 11 is 0. The minimum absolute atomic E-state index is 0.0923. The molecule has 0 saturated heterocycles. The lowest BCUT2D eigenvalue weighted by molar-refractivity contribution is 0.149. The van der Waals surface area contributed by atoms with E-state index < -0.39 is 0 Å². The Kier molecular flexibility index (Phi) is 4.21. The number of aliphatic hydroxyl groups excluding tert-OH is 1. The zero-order valence-electron chi connectivity index (χ0n) is 9.54. The van der Waals surface area contributed by atoms with Gasteiger partial charge >= 0.3 is 0 Å². The molecule has 0 amide bonds. The Morgan fingerprint density at radius 1 is 1.27 bits per heavy atom. The zero-order chi connectivity index (χ0) is 10.5. The van der Waals surface area contributed by atoms with Crippen molar-refractivity contribution >= 4 is 0 Å². The molecule has 0 aromatic carbocycles. The van der Waals surface area contributed by atoms with E-state index in [-0.39, 0.29) is 6.10 Å². The first-order chi connectivity index (χ1) is 7.36. The van der Waals surface area contributed by atoms with Gasteiger partial charge in [-0.05, 0) is 57.9 Å². The summed E-state index contributed by atoms with van der Waals surface area (Å²) in [6.45, 7) is 1.05. The smallest absolute Gasteiger partial charge is 0.0693 e. The fourth-order valence-electron chi connectivity index (χ4n) is 2.73. The molecule has 0 aromatic heterocycles. The molecule has 0 aromatic rings. The molecule has 2 aliphatic carbocycles. The van der Waals surface area contributed by atoms with E-state index in [9.17, 15) is 5.11 Å². The van der Waals surface area contributed by atoms with E-state index in [1.54, 1.807) is 5.57 Å². The van der Waals surface area contributed by atoms with Crippen LogP contribution in [-0.4, -0.2) is 23.8 Å². The molecular weight excluding hydrogens is 186 g/mol. The SMILES string of the molecule is O[C@@H]1CCC[C@H]1NCCC1=CCCCC1. The molecule has 0 unspecified atom stereocenters. The average Bonchev–Trinajstić information content (AvgIpc) is 2.66. The fourth-order valence-corrected chi connectivity index (χ4v) is 2.73. The standard InChI is InChI=1S/C13H23NO/c15-13-8-4-7-12(13)14-10-9-11-5-2-1-3-6-11/h5,12-15H,1-4,6-10H2/t12-,13-/m1/s1. The lowest BCUT2D eigenvalue weighted by atomic mass is 9.97. The van der Waals surface area contributed by atoms with Gasteiger partial charge in [-0.2, -0.15) is 0 Å². The molecule has 0 spiro atoms.